The van der Waals surface area contributed by atoms with Crippen LogP contribution in [0.1, 0.15) is 41.1 Å². The molecule has 4 rings (SSSR count). The third-order valence-corrected chi connectivity index (χ3v) is 5.15. The molecule has 0 aliphatic heterocycles. The van der Waals surface area contributed by atoms with Crippen molar-refractivity contribution >= 4 is 33.9 Å². The molecule has 3 aromatic rings. The zero-order chi connectivity index (χ0) is 15.6. The van der Waals surface area contributed by atoms with Gasteiger partial charge in [0.05, 0.1) is 0 Å². The fraction of sp³-hybridized carbons (Fsp3) is 0.333. The lowest BCUT2D eigenvalue weighted by Crippen LogP contribution is -2.14. The van der Waals surface area contributed by atoms with Crippen LogP contribution in [0.2, 0.25) is 0 Å². The maximum atomic E-state index is 12.5. The SMILES string of the molecule is O=C(Nc1nc(-c2ccsc2)ns1)c1noc2c1CCCCC2. The van der Waals surface area contributed by atoms with E-state index in [1.807, 2.05) is 16.8 Å². The zero-order valence-corrected chi connectivity index (χ0v) is 13.9. The summed E-state index contributed by atoms with van der Waals surface area (Å²) >= 11 is 2.76. The van der Waals surface area contributed by atoms with E-state index in [0.29, 0.717) is 16.6 Å². The largest absolute Gasteiger partial charge is 0.360 e. The van der Waals surface area contributed by atoms with Gasteiger partial charge in [0.2, 0.25) is 5.13 Å². The Morgan fingerprint density at radius 3 is 3.04 bits per heavy atom. The second-order valence-corrected chi connectivity index (χ2v) is 6.91. The lowest BCUT2D eigenvalue weighted by molar-refractivity contribution is 0.101. The van der Waals surface area contributed by atoms with E-state index in [9.17, 15) is 4.79 Å². The van der Waals surface area contributed by atoms with Gasteiger partial charge in [0.15, 0.2) is 11.5 Å². The molecule has 0 fully saturated rings. The Hall–Kier alpha value is -2.06. The minimum atomic E-state index is -0.273. The number of hydrogen-bond donors (Lipinski definition) is 1. The van der Waals surface area contributed by atoms with Crippen molar-refractivity contribution in [1.29, 1.82) is 0 Å². The number of hydrogen-bond acceptors (Lipinski definition) is 7. The number of amides is 1. The number of aryl methyl sites for hydroxylation is 1. The normalized spacial score (nSPS) is 14.3. The lowest BCUT2D eigenvalue weighted by atomic mass is 10.1. The molecule has 0 saturated carbocycles. The van der Waals surface area contributed by atoms with Crippen molar-refractivity contribution in [3.63, 3.8) is 0 Å². The van der Waals surface area contributed by atoms with Gasteiger partial charge in [0.25, 0.3) is 5.91 Å². The summed E-state index contributed by atoms with van der Waals surface area (Å²) < 4.78 is 9.62. The van der Waals surface area contributed by atoms with Crippen LogP contribution in [0.4, 0.5) is 5.13 Å². The van der Waals surface area contributed by atoms with Gasteiger partial charge >= 0.3 is 0 Å². The maximum Gasteiger partial charge on any atom is 0.279 e. The van der Waals surface area contributed by atoms with E-state index in [2.05, 4.69) is 19.8 Å². The summed E-state index contributed by atoms with van der Waals surface area (Å²) in [4.78, 5) is 16.8. The van der Waals surface area contributed by atoms with Crippen LogP contribution in [-0.2, 0) is 12.8 Å². The van der Waals surface area contributed by atoms with Gasteiger partial charge in [-0.1, -0.05) is 11.6 Å². The van der Waals surface area contributed by atoms with Gasteiger partial charge in [0.1, 0.15) is 5.76 Å². The average Bonchev–Trinajstić information content (AvgIpc) is 3.26. The highest BCUT2D eigenvalue weighted by atomic mass is 32.1. The molecule has 23 heavy (non-hydrogen) atoms. The molecule has 1 aliphatic rings. The summed E-state index contributed by atoms with van der Waals surface area (Å²) in [6.07, 6.45) is 5.01. The Labute approximate surface area is 140 Å². The van der Waals surface area contributed by atoms with E-state index < -0.39 is 0 Å². The predicted molar refractivity (Wildman–Crippen MR) is 88.9 cm³/mol. The standard InChI is InChI=1S/C15H14N4O2S2/c20-14(12-10-4-2-1-3-5-11(10)21-18-12)17-15-16-13(19-23-15)9-6-7-22-8-9/h6-8H,1-5H2,(H,16,17,19,20). The Bertz CT molecular complexity index is 823. The van der Waals surface area contributed by atoms with Crippen LogP contribution in [0.3, 0.4) is 0 Å². The molecule has 0 atom stereocenters. The molecule has 0 bridgehead atoms. The van der Waals surface area contributed by atoms with Crippen molar-refractivity contribution in [1.82, 2.24) is 14.5 Å². The summed E-state index contributed by atoms with van der Waals surface area (Å²) in [6.45, 7) is 0. The third-order valence-electron chi connectivity index (χ3n) is 3.84. The molecule has 0 aromatic carbocycles. The molecule has 6 nitrogen and oxygen atoms in total. The molecule has 0 spiro atoms. The van der Waals surface area contributed by atoms with Gasteiger partial charge in [0, 0.05) is 34.5 Å². The monoisotopic (exact) mass is 346 g/mol. The van der Waals surface area contributed by atoms with Gasteiger partial charge in [-0.2, -0.15) is 20.7 Å². The van der Waals surface area contributed by atoms with Gasteiger partial charge in [-0.3, -0.25) is 10.1 Å². The van der Waals surface area contributed by atoms with Crippen LogP contribution in [0.15, 0.2) is 21.3 Å². The Balaban J connectivity index is 1.53. The van der Waals surface area contributed by atoms with Crippen molar-refractivity contribution in [2.24, 2.45) is 0 Å². The minimum Gasteiger partial charge on any atom is -0.360 e. The molecule has 1 N–H and O–H groups in total. The third kappa shape index (κ3) is 2.91. The zero-order valence-electron chi connectivity index (χ0n) is 12.2. The average molecular weight is 346 g/mol. The highest BCUT2D eigenvalue weighted by molar-refractivity contribution is 7.10. The summed E-state index contributed by atoms with van der Waals surface area (Å²) in [5.41, 5.74) is 2.29. The van der Waals surface area contributed by atoms with Crippen LogP contribution in [0, 0.1) is 0 Å². The number of anilines is 1. The van der Waals surface area contributed by atoms with Gasteiger partial charge < -0.3 is 4.52 Å². The lowest BCUT2D eigenvalue weighted by Gasteiger charge is -2.00. The summed E-state index contributed by atoms with van der Waals surface area (Å²) in [6, 6.07) is 1.95. The fourth-order valence-corrected chi connectivity index (χ4v) is 3.90. The van der Waals surface area contributed by atoms with Crippen molar-refractivity contribution in [3.8, 4) is 11.4 Å². The van der Waals surface area contributed by atoms with E-state index in [1.165, 1.54) is 11.5 Å². The Morgan fingerprint density at radius 2 is 2.17 bits per heavy atom. The van der Waals surface area contributed by atoms with Gasteiger partial charge in [-0.15, -0.1) is 0 Å². The number of rotatable bonds is 3. The second kappa shape index (κ2) is 6.21. The van der Waals surface area contributed by atoms with Crippen LogP contribution in [0.25, 0.3) is 11.4 Å². The number of nitrogens with zero attached hydrogens (tertiary/aromatic N) is 3. The van der Waals surface area contributed by atoms with Crippen LogP contribution in [-0.4, -0.2) is 20.4 Å². The minimum absolute atomic E-state index is 0.273. The first-order chi connectivity index (χ1) is 11.3. The molecule has 1 amide bonds. The molecule has 118 valence electrons. The summed E-state index contributed by atoms with van der Waals surface area (Å²) in [7, 11) is 0. The fourth-order valence-electron chi connectivity index (χ4n) is 2.68. The number of carbonyl (C=O) groups excluding carboxylic acids is 1. The molecule has 3 aromatic heterocycles. The van der Waals surface area contributed by atoms with Crippen molar-refractivity contribution in [3.05, 3.63) is 33.8 Å². The topological polar surface area (TPSA) is 80.9 Å². The summed E-state index contributed by atoms with van der Waals surface area (Å²) in [5.74, 6) is 1.21. The molecular weight excluding hydrogens is 332 g/mol. The number of fused-ring (bicyclic) bond motifs is 1. The van der Waals surface area contributed by atoms with E-state index in [4.69, 9.17) is 4.52 Å². The van der Waals surface area contributed by atoms with E-state index in [-0.39, 0.29) is 5.91 Å². The highest BCUT2D eigenvalue weighted by Crippen LogP contribution is 2.26. The highest BCUT2D eigenvalue weighted by Gasteiger charge is 2.24. The van der Waals surface area contributed by atoms with Crippen LogP contribution >= 0.6 is 22.9 Å². The maximum absolute atomic E-state index is 12.5. The summed E-state index contributed by atoms with van der Waals surface area (Å²) in [5, 5.41) is 11.2. The quantitative estimate of drug-likeness (QED) is 0.730. The molecule has 0 saturated heterocycles. The molecule has 3 heterocycles. The molecule has 0 unspecified atom stereocenters. The first kappa shape index (κ1) is 14.5. The van der Waals surface area contributed by atoms with E-state index in [0.717, 1.165) is 49.0 Å². The van der Waals surface area contributed by atoms with Gasteiger partial charge in [-0.25, -0.2) is 0 Å². The molecular formula is C15H14N4O2S2. The first-order valence-electron chi connectivity index (χ1n) is 7.46. The van der Waals surface area contributed by atoms with Crippen LogP contribution in [0.5, 0.6) is 0 Å². The first-order valence-corrected chi connectivity index (χ1v) is 9.18. The van der Waals surface area contributed by atoms with Gasteiger partial charge in [-0.05, 0) is 30.7 Å². The molecule has 1 aliphatic carbocycles. The number of nitrogens with one attached hydrogen (secondary N) is 1. The van der Waals surface area contributed by atoms with Crippen molar-refractivity contribution in [2.75, 3.05) is 5.32 Å². The smallest absolute Gasteiger partial charge is 0.279 e. The number of carbonyl (C=O) groups is 1. The van der Waals surface area contributed by atoms with Crippen LogP contribution < -0.4 is 5.32 Å². The van der Waals surface area contributed by atoms with E-state index in [1.54, 1.807) is 11.3 Å². The Kier molecular flexibility index (Phi) is 3.92. The second-order valence-electron chi connectivity index (χ2n) is 5.38. The Morgan fingerprint density at radius 1 is 1.26 bits per heavy atom. The predicted octanol–water partition coefficient (Wildman–Crippen LogP) is 3.78. The van der Waals surface area contributed by atoms with Crippen molar-refractivity contribution in [2.45, 2.75) is 32.1 Å². The van der Waals surface area contributed by atoms with Crippen molar-refractivity contribution < 1.29 is 9.32 Å². The molecule has 0 radical (unpaired) electrons. The number of thiophene rings is 1. The number of aromatic nitrogens is 3. The van der Waals surface area contributed by atoms with E-state index >= 15 is 0 Å². The molecule has 8 heteroatoms.